The average molecular weight is 337 g/mol. The molecule has 0 saturated heterocycles. The molecule has 0 unspecified atom stereocenters. The molecule has 1 aromatic heterocycles. The maximum Gasteiger partial charge on any atom is 0.243 e. The van der Waals surface area contributed by atoms with E-state index in [-0.39, 0.29) is 24.8 Å². The number of aromatic nitrogens is 2. The molecule has 0 fully saturated rings. The lowest BCUT2D eigenvalue weighted by atomic mass is 10.1. The minimum Gasteiger partial charge on any atom is -0.437 e. The number of aryl methyl sites for hydroxylation is 1. The fourth-order valence-electron chi connectivity index (χ4n) is 1.60. The average Bonchev–Trinajstić information content (AvgIpc) is 2.34. The van der Waals surface area contributed by atoms with Crippen molar-refractivity contribution in [1.29, 1.82) is 0 Å². The normalized spacial score (nSPS) is 9.40. The van der Waals surface area contributed by atoms with Gasteiger partial charge in [0.1, 0.15) is 5.75 Å². The van der Waals surface area contributed by atoms with Gasteiger partial charge in [0.15, 0.2) is 0 Å². The highest BCUT2D eigenvalue weighted by Crippen LogP contribution is 2.27. The maximum atomic E-state index is 5.90. The van der Waals surface area contributed by atoms with Crippen LogP contribution in [0.2, 0.25) is 5.02 Å². The summed E-state index contributed by atoms with van der Waals surface area (Å²) in [6.45, 7) is 4.21. The Labute approximate surface area is 135 Å². The second-order valence-corrected chi connectivity index (χ2v) is 4.39. The maximum absolute atomic E-state index is 5.90. The predicted molar refractivity (Wildman–Crippen MR) is 85.4 cm³/mol. The van der Waals surface area contributed by atoms with Crippen LogP contribution in [-0.4, -0.2) is 10.2 Å². The summed E-state index contributed by atoms with van der Waals surface area (Å²) in [7, 11) is 0. The van der Waals surface area contributed by atoms with Crippen LogP contribution in [0.15, 0.2) is 24.3 Å². The number of rotatable bonds is 3. The van der Waals surface area contributed by atoms with E-state index in [1.165, 1.54) is 0 Å². The van der Waals surface area contributed by atoms with Gasteiger partial charge in [-0.1, -0.05) is 17.7 Å². The third-order valence-corrected chi connectivity index (χ3v) is 2.99. The highest BCUT2D eigenvalue weighted by Gasteiger charge is 2.11. The monoisotopic (exact) mass is 335 g/mol. The molecule has 0 spiro atoms. The van der Waals surface area contributed by atoms with Crippen LogP contribution >= 0.6 is 36.4 Å². The van der Waals surface area contributed by atoms with Gasteiger partial charge in [0.05, 0.1) is 5.69 Å². The standard InChI is InChI=1S/C13H14ClN3O.2ClH/c1-8-9(2)16-17-13(12(8)7-15)18-11-5-3-4-10(14)6-11;;/h3-6H,7,15H2,1-2H3;2*1H. The van der Waals surface area contributed by atoms with E-state index in [0.717, 1.165) is 16.8 Å². The fraction of sp³-hybridized carbons (Fsp3) is 0.231. The molecule has 0 amide bonds. The molecule has 0 saturated carbocycles. The summed E-state index contributed by atoms with van der Waals surface area (Å²) >= 11 is 5.90. The number of nitrogens with zero attached hydrogens (tertiary/aromatic N) is 2. The lowest BCUT2D eigenvalue weighted by molar-refractivity contribution is 0.446. The number of hydrogen-bond acceptors (Lipinski definition) is 4. The van der Waals surface area contributed by atoms with E-state index in [2.05, 4.69) is 10.2 Å². The molecule has 110 valence electrons. The highest BCUT2D eigenvalue weighted by atomic mass is 35.5. The van der Waals surface area contributed by atoms with Gasteiger partial charge in [-0.15, -0.1) is 29.9 Å². The smallest absolute Gasteiger partial charge is 0.243 e. The topological polar surface area (TPSA) is 61.0 Å². The molecule has 2 N–H and O–H groups in total. The van der Waals surface area contributed by atoms with Crippen molar-refractivity contribution in [2.75, 3.05) is 0 Å². The molecule has 20 heavy (non-hydrogen) atoms. The Morgan fingerprint density at radius 1 is 1.20 bits per heavy atom. The van der Waals surface area contributed by atoms with Gasteiger partial charge in [-0.05, 0) is 37.6 Å². The van der Waals surface area contributed by atoms with Crippen molar-refractivity contribution in [3.8, 4) is 11.6 Å². The zero-order valence-corrected chi connectivity index (χ0v) is 13.5. The van der Waals surface area contributed by atoms with E-state index in [1.807, 2.05) is 26.0 Å². The van der Waals surface area contributed by atoms with E-state index >= 15 is 0 Å². The summed E-state index contributed by atoms with van der Waals surface area (Å²) in [6, 6.07) is 7.13. The van der Waals surface area contributed by atoms with Crippen molar-refractivity contribution in [3.05, 3.63) is 46.1 Å². The van der Waals surface area contributed by atoms with Crippen LogP contribution in [0.1, 0.15) is 16.8 Å². The first-order valence-corrected chi connectivity index (χ1v) is 5.96. The van der Waals surface area contributed by atoms with Crippen molar-refractivity contribution in [2.24, 2.45) is 5.73 Å². The number of ether oxygens (including phenoxy) is 1. The molecule has 1 aromatic carbocycles. The van der Waals surface area contributed by atoms with Crippen LogP contribution in [-0.2, 0) is 6.54 Å². The number of nitrogens with two attached hydrogens (primary N) is 1. The molecule has 0 aliphatic carbocycles. The molecule has 7 heteroatoms. The molecule has 0 bridgehead atoms. The third kappa shape index (κ3) is 4.21. The molecule has 2 aromatic rings. The molecule has 2 rings (SSSR count). The van der Waals surface area contributed by atoms with Crippen LogP contribution < -0.4 is 10.5 Å². The zero-order chi connectivity index (χ0) is 13.1. The van der Waals surface area contributed by atoms with Crippen molar-refractivity contribution in [1.82, 2.24) is 10.2 Å². The molecular weight excluding hydrogens is 321 g/mol. The van der Waals surface area contributed by atoms with Crippen molar-refractivity contribution in [3.63, 3.8) is 0 Å². The second-order valence-electron chi connectivity index (χ2n) is 3.96. The van der Waals surface area contributed by atoms with Crippen LogP contribution in [0.5, 0.6) is 11.6 Å². The Kier molecular flexibility index (Phi) is 7.83. The largest absolute Gasteiger partial charge is 0.437 e. The Morgan fingerprint density at radius 2 is 1.90 bits per heavy atom. The summed E-state index contributed by atoms with van der Waals surface area (Å²) in [5, 5.41) is 8.69. The van der Waals surface area contributed by atoms with E-state index in [1.54, 1.807) is 12.1 Å². The first-order chi connectivity index (χ1) is 8.61. The highest BCUT2D eigenvalue weighted by molar-refractivity contribution is 6.30. The molecule has 0 radical (unpaired) electrons. The molecule has 0 atom stereocenters. The van der Waals surface area contributed by atoms with Crippen LogP contribution in [0, 0.1) is 13.8 Å². The molecule has 0 aliphatic rings. The van der Waals surface area contributed by atoms with Gasteiger partial charge in [0.2, 0.25) is 5.88 Å². The SMILES string of the molecule is Cc1nnc(Oc2cccc(Cl)c2)c(CN)c1C.Cl.Cl. The van der Waals surface area contributed by atoms with Gasteiger partial charge in [0, 0.05) is 17.1 Å². The summed E-state index contributed by atoms with van der Waals surface area (Å²) in [4.78, 5) is 0. The molecule has 4 nitrogen and oxygen atoms in total. The van der Waals surface area contributed by atoms with Gasteiger partial charge in [-0.25, -0.2) is 0 Å². The summed E-state index contributed by atoms with van der Waals surface area (Å²) in [5.74, 6) is 1.05. The Bertz CT molecular complexity index is 579. The van der Waals surface area contributed by atoms with E-state index in [0.29, 0.717) is 23.2 Å². The van der Waals surface area contributed by atoms with Crippen LogP contribution in [0.3, 0.4) is 0 Å². The first kappa shape index (κ1) is 18.9. The zero-order valence-electron chi connectivity index (χ0n) is 11.1. The van der Waals surface area contributed by atoms with Gasteiger partial charge in [-0.3, -0.25) is 0 Å². The van der Waals surface area contributed by atoms with Crippen LogP contribution in [0.25, 0.3) is 0 Å². The Morgan fingerprint density at radius 3 is 2.50 bits per heavy atom. The van der Waals surface area contributed by atoms with Gasteiger partial charge in [0.25, 0.3) is 0 Å². The number of halogens is 3. The minimum atomic E-state index is 0. The lowest BCUT2D eigenvalue weighted by Gasteiger charge is -2.11. The van der Waals surface area contributed by atoms with Crippen molar-refractivity contribution in [2.45, 2.75) is 20.4 Å². The van der Waals surface area contributed by atoms with Crippen molar-refractivity contribution >= 4 is 36.4 Å². The number of benzene rings is 1. The van der Waals surface area contributed by atoms with Gasteiger partial charge < -0.3 is 10.5 Å². The summed E-state index contributed by atoms with van der Waals surface area (Å²) < 4.78 is 5.68. The Hall–Kier alpha value is -1.07. The summed E-state index contributed by atoms with van der Waals surface area (Å²) in [6.07, 6.45) is 0. The third-order valence-electron chi connectivity index (χ3n) is 2.76. The molecular formula is C13H16Cl3N3O. The Balaban J connectivity index is 0.00000180. The van der Waals surface area contributed by atoms with Gasteiger partial charge >= 0.3 is 0 Å². The quantitative estimate of drug-likeness (QED) is 0.925. The minimum absolute atomic E-state index is 0. The number of hydrogen-bond donors (Lipinski definition) is 1. The molecule has 0 aliphatic heterocycles. The van der Waals surface area contributed by atoms with Crippen molar-refractivity contribution < 1.29 is 4.74 Å². The fourth-order valence-corrected chi connectivity index (χ4v) is 1.78. The van der Waals surface area contributed by atoms with E-state index in [4.69, 9.17) is 22.1 Å². The summed E-state index contributed by atoms with van der Waals surface area (Å²) in [5.41, 5.74) is 8.45. The van der Waals surface area contributed by atoms with E-state index in [9.17, 15) is 0 Å². The molecule has 1 heterocycles. The van der Waals surface area contributed by atoms with Gasteiger partial charge in [-0.2, -0.15) is 5.10 Å². The van der Waals surface area contributed by atoms with E-state index < -0.39 is 0 Å². The van der Waals surface area contributed by atoms with Crippen LogP contribution in [0.4, 0.5) is 0 Å². The second kappa shape index (κ2) is 8.27. The lowest BCUT2D eigenvalue weighted by Crippen LogP contribution is -2.07. The first-order valence-electron chi connectivity index (χ1n) is 5.58. The predicted octanol–water partition coefficient (Wildman–Crippen LogP) is 3.84.